The van der Waals surface area contributed by atoms with Crippen LogP contribution in [0.1, 0.15) is 23.1 Å². The van der Waals surface area contributed by atoms with Gasteiger partial charge in [-0.1, -0.05) is 25.1 Å². The molecule has 6 heteroatoms. The number of hydrogen-bond donors (Lipinski definition) is 2. The minimum atomic E-state index is -0.423. The van der Waals surface area contributed by atoms with Gasteiger partial charge in [-0.3, -0.25) is 9.78 Å². The number of para-hydroxylation sites is 1. The topological polar surface area (TPSA) is 79.8 Å². The molecule has 0 saturated heterocycles. The number of aromatic nitrogens is 3. The molecule has 1 heterocycles. The van der Waals surface area contributed by atoms with Gasteiger partial charge in [0.2, 0.25) is 5.82 Å². The molecule has 1 aromatic heterocycles. The summed E-state index contributed by atoms with van der Waals surface area (Å²) >= 11 is 0. The van der Waals surface area contributed by atoms with E-state index in [1.807, 2.05) is 31.2 Å². The predicted molar refractivity (Wildman–Crippen MR) is 67.6 cm³/mol. The average Bonchev–Trinajstić information content (AvgIpc) is 2.70. The van der Waals surface area contributed by atoms with Crippen molar-refractivity contribution in [2.45, 2.75) is 13.3 Å². The molecule has 0 radical (unpaired) electrons. The fourth-order valence-corrected chi connectivity index (χ4v) is 1.64. The molecule has 0 unspecified atom stereocenters. The second kappa shape index (κ2) is 4.87. The molecule has 0 aliphatic rings. The minimum absolute atomic E-state index is 0.00778. The van der Waals surface area contributed by atoms with Crippen molar-refractivity contribution in [3.8, 4) is 0 Å². The predicted octanol–water partition coefficient (Wildman–Crippen LogP) is 0.923. The summed E-state index contributed by atoms with van der Waals surface area (Å²) in [6.07, 6.45) is 0.815. The number of nitrogens with one attached hydrogen (secondary N) is 2. The molecule has 0 atom stereocenters. The second-order valence-corrected chi connectivity index (χ2v) is 3.87. The lowest BCUT2D eigenvalue weighted by molar-refractivity contribution is 0.101. The summed E-state index contributed by atoms with van der Waals surface area (Å²) in [5, 5.41) is 6.53. The first-order valence-electron chi connectivity index (χ1n) is 5.64. The lowest BCUT2D eigenvalue weighted by atomic mass is 10.1. The van der Waals surface area contributed by atoms with Gasteiger partial charge in [-0.25, -0.2) is 9.48 Å². The molecule has 1 amide bonds. The maximum absolute atomic E-state index is 11.9. The third-order valence-electron chi connectivity index (χ3n) is 2.63. The van der Waals surface area contributed by atoms with Crippen LogP contribution < -0.4 is 11.0 Å². The number of rotatable bonds is 3. The Kier molecular flexibility index (Phi) is 3.27. The van der Waals surface area contributed by atoms with Crippen LogP contribution in [0.2, 0.25) is 0 Å². The Morgan fingerprint density at radius 3 is 2.78 bits per heavy atom. The normalized spacial score (nSPS) is 10.3. The van der Waals surface area contributed by atoms with Gasteiger partial charge in [0.25, 0.3) is 5.91 Å². The summed E-state index contributed by atoms with van der Waals surface area (Å²) in [5.74, 6) is -0.415. The number of benzene rings is 1. The zero-order valence-corrected chi connectivity index (χ0v) is 10.2. The Hall–Kier alpha value is -2.37. The number of aromatic amines is 1. The van der Waals surface area contributed by atoms with E-state index >= 15 is 0 Å². The van der Waals surface area contributed by atoms with Gasteiger partial charge in [0.05, 0.1) is 0 Å². The summed E-state index contributed by atoms with van der Waals surface area (Å²) in [6, 6.07) is 7.52. The van der Waals surface area contributed by atoms with E-state index in [9.17, 15) is 9.59 Å². The molecule has 2 N–H and O–H groups in total. The molecule has 2 rings (SSSR count). The standard InChI is InChI=1S/C12H14N4O2/c1-3-8-6-4-5-7-9(8)13-11(17)10-14-12(18)16(2)15-10/h4-7H,3H2,1-2H3,(H,13,17)(H,14,15,18). The van der Waals surface area contributed by atoms with Crippen molar-refractivity contribution in [3.05, 3.63) is 46.1 Å². The fraction of sp³-hybridized carbons (Fsp3) is 0.250. The van der Waals surface area contributed by atoms with Crippen LogP contribution in [0.4, 0.5) is 5.69 Å². The Morgan fingerprint density at radius 2 is 2.17 bits per heavy atom. The number of amides is 1. The van der Waals surface area contributed by atoms with Crippen LogP contribution in [-0.4, -0.2) is 20.7 Å². The summed E-state index contributed by atoms with van der Waals surface area (Å²) in [7, 11) is 1.48. The number of aryl methyl sites for hydroxylation is 2. The highest BCUT2D eigenvalue weighted by atomic mass is 16.2. The molecule has 0 aliphatic heterocycles. The Bertz CT molecular complexity index is 627. The number of hydrogen-bond acceptors (Lipinski definition) is 3. The third kappa shape index (κ3) is 2.32. The Morgan fingerprint density at radius 1 is 1.44 bits per heavy atom. The number of nitrogens with zero attached hydrogens (tertiary/aromatic N) is 2. The number of carbonyl (C=O) groups excluding carboxylic acids is 1. The van der Waals surface area contributed by atoms with E-state index in [2.05, 4.69) is 15.4 Å². The van der Waals surface area contributed by atoms with Crippen LogP contribution in [0, 0.1) is 0 Å². The molecule has 94 valence electrons. The molecular weight excluding hydrogens is 232 g/mol. The SMILES string of the molecule is CCc1ccccc1NC(=O)c1nn(C)c(=O)[nH]1. The molecule has 0 saturated carbocycles. The maximum atomic E-state index is 11.9. The highest BCUT2D eigenvalue weighted by Crippen LogP contribution is 2.15. The summed E-state index contributed by atoms with van der Waals surface area (Å²) in [6.45, 7) is 2.01. The van der Waals surface area contributed by atoms with Crippen molar-refractivity contribution in [1.82, 2.24) is 14.8 Å². The van der Waals surface area contributed by atoms with Gasteiger partial charge in [-0.05, 0) is 18.1 Å². The molecule has 0 fully saturated rings. The lowest BCUT2D eigenvalue weighted by Gasteiger charge is -2.07. The summed E-state index contributed by atoms with van der Waals surface area (Å²) < 4.78 is 1.08. The van der Waals surface area contributed by atoms with E-state index in [0.717, 1.165) is 22.4 Å². The number of anilines is 1. The lowest BCUT2D eigenvalue weighted by Crippen LogP contribution is -2.15. The highest BCUT2D eigenvalue weighted by molar-refractivity contribution is 6.01. The molecule has 0 spiro atoms. The first-order valence-corrected chi connectivity index (χ1v) is 5.64. The minimum Gasteiger partial charge on any atom is -0.319 e. The average molecular weight is 246 g/mol. The van der Waals surface area contributed by atoms with Crippen molar-refractivity contribution < 1.29 is 4.79 Å². The number of carbonyl (C=O) groups is 1. The molecule has 0 aliphatic carbocycles. The van der Waals surface area contributed by atoms with Crippen LogP contribution in [0.25, 0.3) is 0 Å². The van der Waals surface area contributed by atoms with E-state index in [1.165, 1.54) is 7.05 Å². The van der Waals surface area contributed by atoms with Crippen molar-refractivity contribution in [2.75, 3.05) is 5.32 Å². The monoisotopic (exact) mass is 246 g/mol. The smallest absolute Gasteiger partial charge is 0.319 e. The summed E-state index contributed by atoms with van der Waals surface area (Å²) in [4.78, 5) is 25.5. The number of H-pyrrole nitrogens is 1. The fourth-order valence-electron chi connectivity index (χ4n) is 1.64. The van der Waals surface area contributed by atoms with Gasteiger partial charge in [-0.2, -0.15) is 0 Å². The van der Waals surface area contributed by atoms with E-state index in [0.29, 0.717) is 0 Å². The van der Waals surface area contributed by atoms with Gasteiger partial charge in [0.15, 0.2) is 0 Å². The van der Waals surface area contributed by atoms with Gasteiger partial charge in [0.1, 0.15) is 0 Å². The van der Waals surface area contributed by atoms with Crippen molar-refractivity contribution in [3.63, 3.8) is 0 Å². The zero-order chi connectivity index (χ0) is 13.1. The van der Waals surface area contributed by atoms with Crippen molar-refractivity contribution >= 4 is 11.6 Å². The molecule has 2 aromatic rings. The van der Waals surface area contributed by atoms with Crippen LogP contribution in [0.15, 0.2) is 29.1 Å². The summed E-state index contributed by atoms with van der Waals surface area (Å²) in [5.41, 5.74) is 1.35. The van der Waals surface area contributed by atoms with Gasteiger partial charge in [0, 0.05) is 12.7 Å². The third-order valence-corrected chi connectivity index (χ3v) is 2.63. The highest BCUT2D eigenvalue weighted by Gasteiger charge is 2.13. The van der Waals surface area contributed by atoms with E-state index < -0.39 is 11.6 Å². The first kappa shape index (κ1) is 12.1. The Balaban J connectivity index is 2.24. The first-order chi connectivity index (χ1) is 8.61. The largest absolute Gasteiger partial charge is 0.343 e. The van der Waals surface area contributed by atoms with Crippen LogP contribution in [0.5, 0.6) is 0 Å². The van der Waals surface area contributed by atoms with Gasteiger partial charge < -0.3 is 5.32 Å². The van der Waals surface area contributed by atoms with Gasteiger partial charge >= 0.3 is 5.69 Å². The van der Waals surface area contributed by atoms with E-state index in [1.54, 1.807) is 0 Å². The van der Waals surface area contributed by atoms with E-state index in [4.69, 9.17) is 0 Å². The quantitative estimate of drug-likeness (QED) is 0.845. The second-order valence-electron chi connectivity index (χ2n) is 3.87. The van der Waals surface area contributed by atoms with Crippen molar-refractivity contribution in [2.24, 2.45) is 7.05 Å². The zero-order valence-electron chi connectivity index (χ0n) is 10.2. The maximum Gasteiger partial charge on any atom is 0.343 e. The van der Waals surface area contributed by atoms with E-state index in [-0.39, 0.29) is 5.82 Å². The van der Waals surface area contributed by atoms with Crippen LogP contribution in [0.3, 0.4) is 0 Å². The van der Waals surface area contributed by atoms with Crippen LogP contribution >= 0.6 is 0 Å². The van der Waals surface area contributed by atoms with Gasteiger partial charge in [-0.15, -0.1) is 5.10 Å². The van der Waals surface area contributed by atoms with Crippen molar-refractivity contribution in [1.29, 1.82) is 0 Å². The molecule has 1 aromatic carbocycles. The molecular formula is C12H14N4O2. The molecule has 0 bridgehead atoms. The molecule has 6 nitrogen and oxygen atoms in total. The van der Waals surface area contributed by atoms with Crippen LogP contribution in [-0.2, 0) is 13.5 Å². The molecule has 18 heavy (non-hydrogen) atoms. The Labute approximate surface area is 104 Å².